The van der Waals surface area contributed by atoms with Gasteiger partial charge in [0.2, 0.25) is 0 Å². The van der Waals surface area contributed by atoms with Crippen LogP contribution in [0.15, 0.2) is 18.2 Å². The smallest absolute Gasteiger partial charge is 0.356 e. The van der Waals surface area contributed by atoms with E-state index in [1.54, 1.807) is 23.1 Å². The molecule has 0 aliphatic carbocycles. The molecule has 1 saturated heterocycles. The molecule has 0 saturated carbocycles. The number of nitrogens with zero attached hydrogens (tertiary/aromatic N) is 2. The van der Waals surface area contributed by atoms with Crippen LogP contribution in [0.4, 0.5) is 0 Å². The Morgan fingerprint density at radius 2 is 1.82 bits per heavy atom. The largest absolute Gasteiger partial charge is 0.461 e. The zero-order valence-electron chi connectivity index (χ0n) is 13.6. The maximum atomic E-state index is 12.3. The predicted octanol–water partition coefficient (Wildman–Crippen LogP) is 2.91. The number of ether oxygens (including phenoxy) is 1. The van der Waals surface area contributed by atoms with Crippen LogP contribution in [0.3, 0.4) is 0 Å². The van der Waals surface area contributed by atoms with Crippen LogP contribution in [0.5, 0.6) is 0 Å². The first-order valence-corrected chi connectivity index (χ1v) is 7.80. The van der Waals surface area contributed by atoms with Gasteiger partial charge in [0.1, 0.15) is 11.4 Å². The van der Waals surface area contributed by atoms with Crippen molar-refractivity contribution in [1.29, 1.82) is 0 Å². The summed E-state index contributed by atoms with van der Waals surface area (Å²) >= 11 is 0. The third kappa shape index (κ3) is 4.55. The lowest BCUT2D eigenvalue weighted by molar-refractivity contribution is 0.0458. The summed E-state index contributed by atoms with van der Waals surface area (Å²) in [7, 11) is 0. The van der Waals surface area contributed by atoms with E-state index in [0.29, 0.717) is 12.3 Å². The maximum absolute atomic E-state index is 12.3. The Bertz CT molecular complexity index is 543. The van der Waals surface area contributed by atoms with Crippen LogP contribution in [0.25, 0.3) is 0 Å². The van der Waals surface area contributed by atoms with Crippen molar-refractivity contribution in [3.63, 3.8) is 0 Å². The average Bonchev–Trinajstić information content (AvgIpc) is 2.99. The van der Waals surface area contributed by atoms with Gasteiger partial charge in [-0.15, -0.1) is 0 Å². The van der Waals surface area contributed by atoms with Crippen LogP contribution in [0.2, 0.25) is 0 Å². The van der Waals surface area contributed by atoms with Crippen LogP contribution in [-0.2, 0) is 4.74 Å². The van der Waals surface area contributed by atoms with E-state index in [2.05, 4.69) is 25.8 Å². The van der Waals surface area contributed by atoms with E-state index in [1.165, 1.54) is 0 Å². The normalized spacial score (nSPS) is 15.0. The molecule has 0 unspecified atom stereocenters. The summed E-state index contributed by atoms with van der Waals surface area (Å²) in [4.78, 5) is 30.2. The van der Waals surface area contributed by atoms with Gasteiger partial charge in [0.05, 0.1) is 6.61 Å². The van der Waals surface area contributed by atoms with Crippen LogP contribution < -0.4 is 0 Å². The second kappa shape index (κ2) is 6.90. The molecule has 1 aliphatic rings. The SMILES string of the molecule is CC(C)(C)CCOC(=O)c1cccc(C(=O)N2CCCC2)n1. The number of aromatic nitrogens is 1. The fraction of sp³-hybridized carbons (Fsp3) is 0.588. The quantitative estimate of drug-likeness (QED) is 0.803. The van der Waals surface area contributed by atoms with Gasteiger partial charge < -0.3 is 9.64 Å². The Kier molecular flexibility index (Phi) is 5.16. The van der Waals surface area contributed by atoms with Gasteiger partial charge in [0.15, 0.2) is 0 Å². The van der Waals surface area contributed by atoms with E-state index in [4.69, 9.17) is 4.74 Å². The lowest BCUT2D eigenvalue weighted by Crippen LogP contribution is -2.28. The summed E-state index contributed by atoms with van der Waals surface area (Å²) in [6.45, 7) is 8.16. The van der Waals surface area contributed by atoms with Crippen molar-refractivity contribution in [3.05, 3.63) is 29.6 Å². The molecule has 5 heteroatoms. The second-order valence-corrected chi connectivity index (χ2v) is 6.85. The molecule has 1 aromatic rings. The molecular formula is C17H24N2O3. The molecule has 0 atom stereocenters. The van der Waals surface area contributed by atoms with Crippen molar-refractivity contribution in [2.45, 2.75) is 40.0 Å². The average molecular weight is 304 g/mol. The Hall–Kier alpha value is -1.91. The van der Waals surface area contributed by atoms with Gasteiger partial charge in [0, 0.05) is 13.1 Å². The number of pyridine rings is 1. The van der Waals surface area contributed by atoms with Crippen molar-refractivity contribution in [2.75, 3.05) is 19.7 Å². The Morgan fingerprint density at radius 3 is 2.45 bits per heavy atom. The second-order valence-electron chi connectivity index (χ2n) is 6.85. The molecule has 5 nitrogen and oxygen atoms in total. The van der Waals surface area contributed by atoms with Crippen molar-refractivity contribution >= 4 is 11.9 Å². The van der Waals surface area contributed by atoms with Crippen LogP contribution in [-0.4, -0.2) is 41.5 Å². The number of carbonyl (C=O) groups is 2. The molecule has 0 N–H and O–H groups in total. The Balaban J connectivity index is 1.98. The summed E-state index contributed by atoms with van der Waals surface area (Å²) in [5.41, 5.74) is 0.618. The highest BCUT2D eigenvalue weighted by atomic mass is 16.5. The van der Waals surface area contributed by atoms with E-state index in [1.807, 2.05) is 0 Å². The van der Waals surface area contributed by atoms with Crippen molar-refractivity contribution in [2.24, 2.45) is 5.41 Å². The van der Waals surface area contributed by atoms with E-state index in [-0.39, 0.29) is 17.0 Å². The minimum absolute atomic E-state index is 0.109. The Labute approximate surface area is 131 Å². The van der Waals surface area contributed by atoms with Gasteiger partial charge in [-0.3, -0.25) is 4.79 Å². The number of hydrogen-bond acceptors (Lipinski definition) is 4. The summed E-state index contributed by atoms with van der Waals surface area (Å²) in [6, 6.07) is 4.91. The van der Waals surface area contributed by atoms with Gasteiger partial charge in [0.25, 0.3) is 5.91 Å². The molecule has 1 amide bonds. The van der Waals surface area contributed by atoms with Crippen LogP contribution in [0, 0.1) is 5.41 Å². The fourth-order valence-corrected chi connectivity index (χ4v) is 2.27. The Morgan fingerprint density at radius 1 is 1.18 bits per heavy atom. The summed E-state index contributed by atoms with van der Waals surface area (Å²) in [6.07, 6.45) is 2.84. The highest BCUT2D eigenvalue weighted by Crippen LogP contribution is 2.18. The molecule has 1 fully saturated rings. The third-order valence-corrected chi connectivity index (χ3v) is 3.66. The summed E-state index contributed by atoms with van der Waals surface area (Å²) in [5, 5.41) is 0. The predicted molar refractivity (Wildman–Crippen MR) is 83.7 cm³/mol. The van der Waals surface area contributed by atoms with Gasteiger partial charge in [-0.2, -0.15) is 0 Å². The van der Waals surface area contributed by atoms with Crippen LogP contribution in [0.1, 0.15) is 61.0 Å². The summed E-state index contributed by atoms with van der Waals surface area (Å²) in [5.74, 6) is -0.581. The first-order chi connectivity index (χ1) is 10.4. The number of rotatable bonds is 4. The van der Waals surface area contributed by atoms with Crippen molar-refractivity contribution in [1.82, 2.24) is 9.88 Å². The molecule has 0 bridgehead atoms. The van der Waals surface area contributed by atoms with E-state index >= 15 is 0 Å². The first-order valence-electron chi connectivity index (χ1n) is 7.80. The molecule has 2 heterocycles. The first kappa shape index (κ1) is 16.5. The van der Waals surface area contributed by atoms with Gasteiger partial charge in [-0.1, -0.05) is 26.8 Å². The zero-order valence-corrected chi connectivity index (χ0v) is 13.6. The van der Waals surface area contributed by atoms with Crippen molar-refractivity contribution in [3.8, 4) is 0 Å². The zero-order chi connectivity index (χ0) is 16.2. The number of carbonyl (C=O) groups excluding carboxylic acids is 2. The molecule has 120 valence electrons. The standard InChI is InChI=1S/C17H24N2O3/c1-17(2,3)9-12-22-16(21)14-8-6-7-13(18-14)15(20)19-10-4-5-11-19/h6-8H,4-5,9-12H2,1-3H3. The van der Waals surface area contributed by atoms with E-state index in [0.717, 1.165) is 32.4 Å². The molecule has 1 aromatic heterocycles. The number of hydrogen-bond donors (Lipinski definition) is 0. The van der Waals surface area contributed by atoms with E-state index in [9.17, 15) is 9.59 Å². The summed E-state index contributed by atoms with van der Waals surface area (Å²) < 4.78 is 5.24. The van der Waals surface area contributed by atoms with Gasteiger partial charge in [-0.05, 0) is 36.8 Å². The molecule has 2 rings (SSSR count). The molecule has 0 spiro atoms. The minimum Gasteiger partial charge on any atom is -0.461 e. The molecule has 0 aromatic carbocycles. The van der Waals surface area contributed by atoms with E-state index < -0.39 is 5.97 Å². The lowest BCUT2D eigenvalue weighted by atomic mass is 9.93. The van der Waals surface area contributed by atoms with Crippen molar-refractivity contribution < 1.29 is 14.3 Å². The molecule has 1 aliphatic heterocycles. The number of amides is 1. The minimum atomic E-state index is -0.472. The fourth-order valence-electron chi connectivity index (χ4n) is 2.27. The highest BCUT2D eigenvalue weighted by Gasteiger charge is 2.22. The highest BCUT2D eigenvalue weighted by molar-refractivity contribution is 5.94. The van der Waals surface area contributed by atoms with Gasteiger partial charge >= 0.3 is 5.97 Å². The van der Waals surface area contributed by atoms with Gasteiger partial charge in [-0.25, -0.2) is 9.78 Å². The maximum Gasteiger partial charge on any atom is 0.356 e. The molecule has 0 radical (unpaired) electrons. The molecule has 22 heavy (non-hydrogen) atoms. The van der Waals surface area contributed by atoms with Crippen LogP contribution >= 0.6 is 0 Å². The third-order valence-electron chi connectivity index (χ3n) is 3.66. The topological polar surface area (TPSA) is 59.5 Å². The lowest BCUT2D eigenvalue weighted by Gasteiger charge is -2.17. The number of esters is 1. The molecular weight excluding hydrogens is 280 g/mol. The monoisotopic (exact) mass is 304 g/mol. The number of likely N-dealkylation sites (tertiary alicyclic amines) is 1.